The van der Waals surface area contributed by atoms with Crippen LogP contribution in [-0.4, -0.2) is 0 Å². The zero-order valence-corrected chi connectivity index (χ0v) is 12.9. The molecule has 0 saturated heterocycles. The van der Waals surface area contributed by atoms with Crippen molar-refractivity contribution < 1.29 is 0 Å². The molecule has 0 aliphatic carbocycles. The van der Waals surface area contributed by atoms with Crippen molar-refractivity contribution in [3.63, 3.8) is 0 Å². The molecule has 3 aromatic carbocycles. The van der Waals surface area contributed by atoms with E-state index < -0.39 is 0 Å². The summed E-state index contributed by atoms with van der Waals surface area (Å²) in [4.78, 5) is 0. The molecule has 0 amide bonds. The zero-order valence-electron chi connectivity index (χ0n) is 12.9. The van der Waals surface area contributed by atoms with Crippen molar-refractivity contribution in [1.29, 1.82) is 0 Å². The quantitative estimate of drug-likeness (QED) is 0.677. The van der Waals surface area contributed by atoms with Gasteiger partial charge in [-0.05, 0) is 48.9 Å². The fraction of sp³-hybridized carbons (Fsp3) is 0.200. The topological polar surface area (TPSA) is 12.0 Å². The number of anilines is 1. The van der Waals surface area contributed by atoms with Gasteiger partial charge in [0, 0.05) is 17.6 Å². The average Bonchev–Trinajstić information content (AvgIpc) is 2.46. The molecule has 0 atom stereocenters. The Balaban J connectivity index is 1.91. The van der Waals surface area contributed by atoms with Crippen molar-refractivity contribution in [3.05, 3.63) is 76.9 Å². The molecule has 0 bridgehead atoms. The van der Waals surface area contributed by atoms with Gasteiger partial charge in [-0.2, -0.15) is 0 Å². The van der Waals surface area contributed by atoms with Crippen LogP contribution in [-0.2, 0) is 6.54 Å². The molecule has 0 aliphatic rings. The summed E-state index contributed by atoms with van der Waals surface area (Å²) in [7, 11) is 0. The van der Waals surface area contributed by atoms with Crippen LogP contribution >= 0.6 is 0 Å². The van der Waals surface area contributed by atoms with E-state index in [1.807, 2.05) is 0 Å². The second kappa shape index (κ2) is 5.61. The Morgan fingerprint density at radius 2 is 1.48 bits per heavy atom. The van der Waals surface area contributed by atoms with Gasteiger partial charge in [-0.3, -0.25) is 0 Å². The fourth-order valence-electron chi connectivity index (χ4n) is 3.05. The van der Waals surface area contributed by atoms with Crippen molar-refractivity contribution >= 4 is 16.5 Å². The average molecular weight is 275 g/mol. The maximum Gasteiger partial charge on any atom is 0.0422 e. The van der Waals surface area contributed by atoms with Gasteiger partial charge in [0.1, 0.15) is 0 Å². The normalized spacial score (nSPS) is 10.8. The fourth-order valence-corrected chi connectivity index (χ4v) is 3.05. The first-order valence-corrected chi connectivity index (χ1v) is 7.43. The second-order valence-corrected chi connectivity index (χ2v) is 5.76. The molecule has 0 fully saturated rings. The predicted octanol–water partition coefficient (Wildman–Crippen LogP) is 5.38. The number of hydrogen-bond donors (Lipinski definition) is 1. The highest BCUT2D eigenvalue weighted by molar-refractivity contribution is 5.93. The minimum atomic E-state index is 0.867. The Hall–Kier alpha value is -2.28. The molecule has 1 heteroatoms. The van der Waals surface area contributed by atoms with Gasteiger partial charge in [0.15, 0.2) is 0 Å². The third kappa shape index (κ3) is 2.78. The zero-order chi connectivity index (χ0) is 14.8. The van der Waals surface area contributed by atoms with Gasteiger partial charge >= 0.3 is 0 Å². The van der Waals surface area contributed by atoms with E-state index in [2.05, 4.69) is 80.7 Å². The summed E-state index contributed by atoms with van der Waals surface area (Å²) < 4.78 is 0. The number of hydrogen-bond acceptors (Lipinski definition) is 1. The van der Waals surface area contributed by atoms with Crippen LogP contribution in [0.5, 0.6) is 0 Å². The maximum absolute atomic E-state index is 3.61. The van der Waals surface area contributed by atoms with Crippen molar-refractivity contribution in [1.82, 2.24) is 0 Å². The first-order chi connectivity index (χ1) is 10.1. The summed E-state index contributed by atoms with van der Waals surface area (Å²) in [6.45, 7) is 7.41. The molecule has 0 aliphatic heterocycles. The lowest BCUT2D eigenvalue weighted by atomic mass is 9.99. The Labute approximate surface area is 126 Å². The molecule has 0 saturated carbocycles. The van der Waals surface area contributed by atoms with E-state index in [4.69, 9.17) is 0 Å². The second-order valence-electron chi connectivity index (χ2n) is 5.76. The number of rotatable bonds is 3. The summed E-state index contributed by atoms with van der Waals surface area (Å²) >= 11 is 0. The summed E-state index contributed by atoms with van der Waals surface area (Å²) in [5, 5.41) is 6.16. The molecule has 1 N–H and O–H groups in total. The number of aryl methyl sites for hydroxylation is 3. The highest BCUT2D eigenvalue weighted by atomic mass is 14.9. The molecular weight excluding hydrogens is 254 g/mol. The lowest BCUT2D eigenvalue weighted by molar-refractivity contribution is 1.08. The van der Waals surface area contributed by atoms with Gasteiger partial charge in [0.05, 0.1) is 0 Å². The van der Waals surface area contributed by atoms with Crippen LogP contribution in [0.4, 0.5) is 5.69 Å². The SMILES string of the molecule is Cc1cc(C)c(CNc2cccc3ccccc23)c(C)c1. The van der Waals surface area contributed by atoms with E-state index in [1.54, 1.807) is 0 Å². The van der Waals surface area contributed by atoms with Gasteiger partial charge in [-0.1, -0.05) is 54.1 Å². The molecule has 0 heterocycles. The highest BCUT2D eigenvalue weighted by Gasteiger charge is 2.05. The Kier molecular flexibility index (Phi) is 3.66. The van der Waals surface area contributed by atoms with E-state index in [1.165, 1.54) is 38.7 Å². The van der Waals surface area contributed by atoms with Crippen molar-refractivity contribution in [2.45, 2.75) is 27.3 Å². The van der Waals surface area contributed by atoms with Gasteiger partial charge in [0.2, 0.25) is 0 Å². The maximum atomic E-state index is 3.61. The van der Waals surface area contributed by atoms with Crippen LogP contribution in [0.15, 0.2) is 54.6 Å². The minimum absolute atomic E-state index is 0.867. The molecule has 0 spiro atoms. The molecule has 0 unspecified atom stereocenters. The third-order valence-electron chi connectivity index (χ3n) is 4.09. The van der Waals surface area contributed by atoms with E-state index >= 15 is 0 Å². The smallest absolute Gasteiger partial charge is 0.0422 e. The first-order valence-electron chi connectivity index (χ1n) is 7.43. The number of fused-ring (bicyclic) bond motifs is 1. The van der Waals surface area contributed by atoms with E-state index in [0.29, 0.717) is 0 Å². The molecule has 3 rings (SSSR count). The third-order valence-corrected chi connectivity index (χ3v) is 4.09. The summed E-state index contributed by atoms with van der Waals surface area (Å²) in [5.41, 5.74) is 6.65. The van der Waals surface area contributed by atoms with E-state index in [9.17, 15) is 0 Å². The van der Waals surface area contributed by atoms with Crippen LogP contribution < -0.4 is 5.32 Å². The number of nitrogens with one attached hydrogen (secondary N) is 1. The summed E-state index contributed by atoms with van der Waals surface area (Å²) in [5.74, 6) is 0. The van der Waals surface area contributed by atoms with Gasteiger partial charge < -0.3 is 5.32 Å². The molecule has 106 valence electrons. The lowest BCUT2D eigenvalue weighted by Crippen LogP contribution is -2.04. The molecule has 0 radical (unpaired) electrons. The summed E-state index contributed by atoms with van der Waals surface area (Å²) in [6.07, 6.45) is 0. The van der Waals surface area contributed by atoms with Gasteiger partial charge in [-0.15, -0.1) is 0 Å². The van der Waals surface area contributed by atoms with Crippen LogP contribution in [0.3, 0.4) is 0 Å². The number of benzene rings is 3. The van der Waals surface area contributed by atoms with Crippen molar-refractivity contribution in [2.24, 2.45) is 0 Å². The standard InChI is InChI=1S/C20H21N/c1-14-11-15(2)19(16(3)12-14)13-21-20-10-6-8-17-7-4-5-9-18(17)20/h4-12,21H,13H2,1-3H3. The van der Waals surface area contributed by atoms with E-state index in [-0.39, 0.29) is 0 Å². The van der Waals surface area contributed by atoms with Gasteiger partial charge in [0.25, 0.3) is 0 Å². The van der Waals surface area contributed by atoms with Crippen LogP contribution in [0.1, 0.15) is 22.3 Å². The monoisotopic (exact) mass is 275 g/mol. The molecule has 1 nitrogen and oxygen atoms in total. The largest absolute Gasteiger partial charge is 0.380 e. The Morgan fingerprint density at radius 1 is 0.810 bits per heavy atom. The molecule has 21 heavy (non-hydrogen) atoms. The molecule has 0 aromatic heterocycles. The minimum Gasteiger partial charge on any atom is -0.380 e. The predicted molar refractivity (Wildman–Crippen MR) is 91.9 cm³/mol. The van der Waals surface area contributed by atoms with E-state index in [0.717, 1.165) is 6.54 Å². The van der Waals surface area contributed by atoms with Crippen molar-refractivity contribution in [2.75, 3.05) is 5.32 Å². The first kappa shape index (κ1) is 13.7. The Morgan fingerprint density at radius 3 is 2.24 bits per heavy atom. The molecular formula is C20H21N. The van der Waals surface area contributed by atoms with Crippen LogP contribution in [0, 0.1) is 20.8 Å². The van der Waals surface area contributed by atoms with Crippen molar-refractivity contribution in [3.8, 4) is 0 Å². The summed E-state index contributed by atoms with van der Waals surface area (Å²) in [6, 6.07) is 19.4. The lowest BCUT2D eigenvalue weighted by Gasteiger charge is -2.14. The van der Waals surface area contributed by atoms with Crippen LogP contribution in [0.25, 0.3) is 10.8 Å². The highest BCUT2D eigenvalue weighted by Crippen LogP contribution is 2.24. The Bertz CT molecular complexity index is 758. The van der Waals surface area contributed by atoms with Gasteiger partial charge in [-0.25, -0.2) is 0 Å². The molecule has 3 aromatic rings. The van der Waals surface area contributed by atoms with Crippen LogP contribution in [0.2, 0.25) is 0 Å².